The molecule has 0 radical (unpaired) electrons. The summed E-state index contributed by atoms with van der Waals surface area (Å²) >= 11 is 0. The van der Waals surface area contributed by atoms with E-state index < -0.39 is 5.60 Å². The van der Waals surface area contributed by atoms with Gasteiger partial charge in [0.05, 0.1) is 7.11 Å². The van der Waals surface area contributed by atoms with Crippen LogP contribution in [0.4, 0.5) is 0 Å². The van der Waals surface area contributed by atoms with E-state index in [-0.39, 0.29) is 24.3 Å². The van der Waals surface area contributed by atoms with Crippen LogP contribution in [0.1, 0.15) is 56.7 Å². The Morgan fingerprint density at radius 2 is 1.83 bits per heavy atom. The third kappa shape index (κ3) is 5.10. The van der Waals surface area contributed by atoms with E-state index in [9.17, 15) is 4.79 Å². The van der Waals surface area contributed by atoms with Gasteiger partial charge in [0, 0.05) is 17.7 Å². The van der Waals surface area contributed by atoms with Crippen molar-refractivity contribution >= 4 is 12.0 Å². The number of nitrogens with zero attached hydrogens (tertiary/aromatic N) is 1. The Bertz CT molecular complexity index is 901. The Morgan fingerprint density at radius 1 is 1.13 bits per heavy atom. The van der Waals surface area contributed by atoms with Crippen LogP contribution in [0, 0.1) is 0 Å². The number of hydrogen-bond acceptors (Lipinski definition) is 5. The topological polar surface area (TPSA) is 48.0 Å². The van der Waals surface area contributed by atoms with Crippen molar-refractivity contribution in [2.45, 2.75) is 51.7 Å². The number of hydrogen-bond donors (Lipinski definition) is 0. The molecule has 30 heavy (non-hydrogen) atoms. The van der Waals surface area contributed by atoms with Gasteiger partial charge in [0.2, 0.25) is 0 Å². The van der Waals surface area contributed by atoms with Gasteiger partial charge in [-0.25, -0.2) is 4.79 Å². The minimum atomic E-state index is -0.530. The summed E-state index contributed by atoms with van der Waals surface area (Å²) in [7, 11) is 3.70. The molecule has 1 fully saturated rings. The molecule has 0 spiro atoms. The second-order valence-electron chi connectivity index (χ2n) is 8.59. The van der Waals surface area contributed by atoms with Crippen molar-refractivity contribution in [3.8, 4) is 5.75 Å². The molecule has 5 heteroatoms. The lowest BCUT2D eigenvalue weighted by Crippen LogP contribution is -2.27. The maximum absolute atomic E-state index is 12.2. The van der Waals surface area contributed by atoms with Crippen LogP contribution >= 0.6 is 0 Å². The van der Waals surface area contributed by atoms with E-state index in [1.807, 2.05) is 57.2 Å². The van der Waals surface area contributed by atoms with Gasteiger partial charge in [0.25, 0.3) is 0 Å². The first-order chi connectivity index (χ1) is 14.2. The Hall–Kier alpha value is -2.63. The molecule has 0 aliphatic carbocycles. The molecule has 0 saturated carbocycles. The van der Waals surface area contributed by atoms with Gasteiger partial charge >= 0.3 is 5.97 Å². The van der Waals surface area contributed by atoms with E-state index >= 15 is 0 Å². The fourth-order valence-electron chi connectivity index (χ4n) is 3.61. The van der Waals surface area contributed by atoms with Crippen molar-refractivity contribution in [2.24, 2.45) is 0 Å². The van der Waals surface area contributed by atoms with E-state index in [0.717, 1.165) is 22.4 Å². The van der Waals surface area contributed by atoms with E-state index in [0.29, 0.717) is 0 Å². The Kier molecular flexibility index (Phi) is 6.64. The summed E-state index contributed by atoms with van der Waals surface area (Å²) in [5.41, 5.74) is 2.45. The predicted octanol–water partition coefficient (Wildman–Crippen LogP) is 5.14. The average molecular weight is 410 g/mol. The maximum Gasteiger partial charge on any atom is 0.331 e. The fraction of sp³-hybridized carbons (Fsp3) is 0.400. The molecule has 5 nitrogen and oxygen atoms in total. The highest BCUT2D eigenvalue weighted by atomic mass is 16.6. The van der Waals surface area contributed by atoms with Crippen LogP contribution in [0.15, 0.2) is 54.6 Å². The molecule has 0 aromatic heterocycles. The van der Waals surface area contributed by atoms with Crippen LogP contribution in [0.5, 0.6) is 5.75 Å². The zero-order chi connectivity index (χ0) is 21.9. The number of ether oxygens (including phenoxy) is 3. The van der Waals surface area contributed by atoms with Crippen LogP contribution in [0.3, 0.4) is 0 Å². The van der Waals surface area contributed by atoms with Crippen molar-refractivity contribution in [3.63, 3.8) is 0 Å². The first-order valence-electron chi connectivity index (χ1n) is 10.2. The number of likely N-dealkylation sites (N-methyl/N-ethyl adjacent to an activating group) is 1. The quantitative estimate of drug-likeness (QED) is 0.505. The van der Waals surface area contributed by atoms with Crippen molar-refractivity contribution < 1.29 is 19.0 Å². The summed E-state index contributed by atoms with van der Waals surface area (Å²) in [6.07, 6.45) is 2.93. The summed E-state index contributed by atoms with van der Waals surface area (Å²) in [4.78, 5) is 14.4. The summed E-state index contributed by atoms with van der Waals surface area (Å²) in [6.45, 7) is 7.71. The molecule has 3 unspecified atom stereocenters. The van der Waals surface area contributed by atoms with Gasteiger partial charge in [-0.15, -0.1) is 0 Å². The van der Waals surface area contributed by atoms with Gasteiger partial charge in [-0.1, -0.05) is 36.4 Å². The third-order valence-electron chi connectivity index (χ3n) is 5.22. The minimum Gasteiger partial charge on any atom is -0.497 e. The van der Waals surface area contributed by atoms with Gasteiger partial charge in [0.15, 0.2) is 0 Å². The molecule has 1 heterocycles. The van der Waals surface area contributed by atoms with Gasteiger partial charge in [-0.3, -0.25) is 4.90 Å². The van der Waals surface area contributed by atoms with Crippen molar-refractivity contribution in [1.82, 2.24) is 4.90 Å². The summed E-state index contributed by atoms with van der Waals surface area (Å²) in [5, 5.41) is 0. The molecule has 1 aliphatic rings. The highest BCUT2D eigenvalue weighted by Crippen LogP contribution is 2.43. The van der Waals surface area contributed by atoms with Gasteiger partial charge in [-0.05, 0) is 64.1 Å². The summed E-state index contributed by atoms with van der Waals surface area (Å²) in [6, 6.07) is 16.2. The lowest BCUT2D eigenvalue weighted by atomic mass is 10.0. The minimum absolute atomic E-state index is 0.0462. The Labute approximate surface area is 179 Å². The fourth-order valence-corrected chi connectivity index (χ4v) is 3.61. The van der Waals surface area contributed by atoms with Crippen LogP contribution in [-0.4, -0.2) is 36.7 Å². The second-order valence-corrected chi connectivity index (χ2v) is 8.59. The van der Waals surface area contributed by atoms with Crippen LogP contribution < -0.4 is 4.74 Å². The number of carbonyl (C=O) groups is 1. The molecule has 1 saturated heterocycles. The number of rotatable bonds is 5. The van der Waals surface area contributed by atoms with E-state index in [4.69, 9.17) is 14.2 Å². The van der Waals surface area contributed by atoms with E-state index in [1.165, 1.54) is 6.08 Å². The first-order valence-corrected chi connectivity index (χ1v) is 10.2. The van der Waals surface area contributed by atoms with Gasteiger partial charge in [-0.2, -0.15) is 0 Å². The summed E-state index contributed by atoms with van der Waals surface area (Å²) < 4.78 is 17.3. The molecule has 0 N–H and O–H groups in total. The first kappa shape index (κ1) is 22.1. The molecule has 3 rings (SSSR count). The zero-order valence-electron chi connectivity index (χ0n) is 18.6. The van der Waals surface area contributed by atoms with Crippen molar-refractivity contribution in [1.29, 1.82) is 0 Å². The van der Waals surface area contributed by atoms with Gasteiger partial charge < -0.3 is 14.2 Å². The molecule has 0 bridgehead atoms. The van der Waals surface area contributed by atoms with Crippen molar-refractivity contribution in [3.05, 3.63) is 71.3 Å². The van der Waals surface area contributed by atoms with Crippen LogP contribution in [0.2, 0.25) is 0 Å². The smallest absolute Gasteiger partial charge is 0.331 e. The van der Waals surface area contributed by atoms with E-state index in [2.05, 4.69) is 31.0 Å². The Balaban J connectivity index is 1.91. The SMILES string of the molecule is COc1ccc(/C=C/C(=O)OC(C)(C)C)c(C2OC(c3ccccc3)C(C)N2C)c1. The van der Waals surface area contributed by atoms with Crippen LogP contribution in [0.25, 0.3) is 6.08 Å². The second kappa shape index (κ2) is 9.02. The van der Waals surface area contributed by atoms with Crippen LogP contribution in [-0.2, 0) is 14.3 Å². The summed E-state index contributed by atoms with van der Waals surface area (Å²) in [5.74, 6) is 0.368. The number of carbonyl (C=O) groups excluding carboxylic acids is 1. The number of benzene rings is 2. The van der Waals surface area contributed by atoms with E-state index in [1.54, 1.807) is 13.2 Å². The molecule has 2 aromatic carbocycles. The van der Waals surface area contributed by atoms with Gasteiger partial charge in [0.1, 0.15) is 23.7 Å². The largest absolute Gasteiger partial charge is 0.497 e. The third-order valence-corrected chi connectivity index (χ3v) is 5.22. The lowest BCUT2D eigenvalue weighted by Gasteiger charge is -2.23. The molecular formula is C25H31NO4. The standard InChI is InChI=1S/C25H31NO4/c1-17-23(19-10-8-7-9-11-19)29-24(26(17)5)21-16-20(28-6)14-12-18(21)13-15-22(27)30-25(2,3)4/h7-17,23-24H,1-6H3/b15-13+. The average Bonchev–Trinajstić information content (AvgIpc) is 3.00. The Morgan fingerprint density at radius 3 is 2.47 bits per heavy atom. The highest BCUT2D eigenvalue weighted by Gasteiger charge is 2.39. The number of methoxy groups -OCH3 is 1. The predicted molar refractivity (Wildman–Crippen MR) is 118 cm³/mol. The molecular weight excluding hydrogens is 378 g/mol. The molecule has 1 aliphatic heterocycles. The zero-order valence-corrected chi connectivity index (χ0v) is 18.6. The molecule has 3 atom stereocenters. The molecule has 2 aromatic rings. The monoisotopic (exact) mass is 409 g/mol. The maximum atomic E-state index is 12.2. The number of esters is 1. The lowest BCUT2D eigenvalue weighted by molar-refractivity contribution is -0.148. The molecule has 0 amide bonds. The molecule has 160 valence electrons. The highest BCUT2D eigenvalue weighted by molar-refractivity contribution is 5.87. The normalized spacial score (nSPS) is 22.4. The van der Waals surface area contributed by atoms with Crippen molar-refractivity contribution in [2.75, 3.05) is 14.2 Å².